The van der Waals surface area contributed by atoms with E-state index in [1.165, 1.54) is 11.6 Å². The molecule has 8 heteroatoms. The highest BCUT2D eigenvalue weighted by Crippen LogP contribution is 2.20. The van der Waals surface area contributed by atoms with Crippen LogP contribution in [0.5, 0.6) is 0 Å². The number of aromatic amines is 2. The summed E-state index contributed by atoms with van der Waals surface area (Å²) in [5, 5.41) is 4.04. The van der Waals surface area contributed by atoms with Crippen LogP contribution in [0.2, 0.25) is 0 Å². The third kappa shape index (κ3) is 4.52. The minimum atomic E-state index is -0.349. The average molecular weight is 395 g/mol. The highest BCUT2D eigenvalue weighted by molar-refractivity contribution is 7.71. The zero-order valence-electron chi connectivity index (χ0n) is 15.9. The van der Waals surface area contributed by atoms with Gasteiger partial charge in [0.1, 0.15) is 0 Å². The molecule has 0 bridgehead atoms. The van der Waals surface area contributed by atoms with Crippen molar-refractivity contribution in [1.82, 2.24) is 20.0 Å². The molecule has 0 unspecified atom stereocenters. The fraction of sp³-hybridized carbons (Fsp3) is 0.200. The van der Waals surface area contributed by atoms with Crippen LogP contribution in [0.4, 0.5) is 0 Å². The summed E-state index contributed by atoms with van der Waals surface area (Å²) in [5.41, 5.74) is 7.85. The Balaban J connectivity index is 1.71. The first-order chi connectivity index (χ1) is 13.3. The van der Waals surface area contributed by atoms with E-state index < -0.39 is 0 Å². The van der Waals surface area contributed by atoms with E-state index in [4.69, 9.17) is 12.2 Å². The first-order valence-electron chi connectivity index (χ1n) is 8.74. The first kappa shape index (κ1) is 19.5. The molecule has 2 heterocycles. The number of carbonyl (C=O) groups excluding carboxylic acids is 1. The SMILES string of the molecule is Cc1ccc(-n2c(C)cc(/C=N\NC(=O)Cc3cc(=O)[nH]c(=S)[nH]3)c2C)cc1. The number of rotatable bonds is 5. The summed E-state index contributed by atoms with van der Waals surface area (Å²) in [4.78, 5) is 28.6. The van der Waals surface area contributed by atoms with Crippen molar-refractivity contribution < 1.29 is 4.79 Å². The van der Waals surface area contributed by atoms with E-state index in [0.29, 0.717) is 5.69 Å². The lowest BCUT2D eigenvalue weighted by Crippen LogP contribution is -2.21. The van der Waals surface area contributed by atoms with E-state index >= 15 is 0 Å². The van der Waals surface area contributed by atoms with Gasteiger partial charge in [-0.2, -0.15) is 5.10 Å². The second-order valence-electron chi connectivity index (χ2n) is 6.58. The van der Waals surface area contributed by atoms with Gasteiger partial charge in [-0.3, -0.25) is 14.6 Å². The zero-order valence-corrected chi connectivity index (χ0v) is 16.7. The van der Waals surface area contributed by atoms with Gasteiger partial charge in [0.15, 0.2) is 4.77 Å². The van der Waals surface area contributed by atoms with Crippen LogP contribution in [0, 0.1) is 25.5 Å². The van der Waals surface area contributed by atoms with Crippen molar-refractivity contribution in [2.45, 2.75) is 27.2 Å². The smallest absolute Gasteiger partial charge is 0.251 e. The maximum absolute atomic E-state index is 12.0. The van der Waals surface area contributed by atoms with Gasteiger partial charge in [-0.15, -0.1) is 0 Å². The first-order valence-corrected chi connectivity index (χ1v) is 9.15. The Morgan fingerprint density at radius 1 is 1.18 bits per heavy atom. The molecule has 7 nitrogen and oxygen atoms in total. The van der Waals surface area contributed by atoms with Crippen molar-refractivity contribution in [2.75, 3.05) is 0 Å². The van der Waals surface area contributed by atoms with Crippen molar-refractivity contribution >= 4 is 24.3 Å². The number of hydrogen-bond acceptors (Lipinski definition) is 4. The third-order valence-corrected chi connectivity index (χ3v) is 4.53. The number of amides is 1. The number of hydrogen-bond donors (Lipinski definition) is 3. The van der Waals surface area contributed by atoms with Gasteiger partial charge in [0.2, 0.25) is 5.91 Å². The number of H-pyrrole nitrogens is 2. The highest BCUT2D eigenvalue weighted by Gasteiger charge is 2.09. The van der Waals surface area contributed by atoms with Gasteiger partial charge in [0, 0.05) is 34.4 Å². The summed E-state index contributed by atoms with van der Waals surface area (Å²) in [7, 11) is 0. The second-order valence-corrected chi connectivity index (χ2v) is 6.99. The molecule has 1 amide bonds. The minimum Gasteiger partial charge on any atom is -0.335 e. The molecular weight excluding hydrogens is 374 g/mol. The Morgan fingerprint density at radius 2 is 1.89 bits per heavy atom. The maximum Gasteiger partial charge on any atom is 0.251 e. The van der Waals surface area contributed by atoms with Crippen LogP contribution >= 0.6 is 12.2 Å². The predicted molar refractivity (Wildman–Crippen MR) is 112 cm³/mol. The molecule has 0 aliphatic carbocycles. The molecular formula is C20H21N5O2S. The normalized spacial score (nSPS) is 11.1. The van der Waals surface area contributed by atoms with Gasteiger partial charge in [0.05, 0.1) is 12.6 Å². The number of carbonyl (C=O) groups is 1. The molecule has 0 saturated carbocycles. The van der Waals surface area contributed by atoms with Crippen LogP contribution < -0.4 is 11.0 Å². The quantitative estimate of drug-likeness (QED) is 0.352. The van der Waals surface area contributed by atoms with E-state index in [0.717, 1.165) is 22.6 Å². The molecule has 28 heavy (non-hydrogen) atoms. The number of nitrogens with zero attached hydrogens (tertiary/aromatic N) is 2. The molecule has 1 aromatic carbocycles. The van der Waals surface area contributed by atoms with Gasteiger partial charge < -0.3 is 9.55 Å². The maximum atomic E-state index is 12.0. The lowest BCUT2D eigenvalue weighted by atomic mass is 10.2. The fourth-order valence-electron chi connectivity index (χ4n) is 3.01. The lowest BCUT2D eigenvalue weighted by molar-refractivity contribution is -0.120. The van der Waals surface area contributed by atoms with Crippen LogP contribution in [-0.2, 0) is 11.2 Å². The van der Waals surface area contributed by atoms with Crippen LogP contribution in [-0.4, -0.2) is 26.7 Å². The Labute approximate surface area is 167 Å². The summed E-state index contributed by atoms with van der Waals surface area (Å²) in [6, 6.07) is 11.6. The summed E-state index contributed by atoms with van der Waals surface area (Å²) in [6.07, 6.45) is 1.60. The number of benzene rings is 1. The van der Waals surface area contributed by atoms with E-state index in [1.807, 2.05) is 19.9 Å². The Bertz CT molecular complexity index is 1120. The zero-order chi connectivity index (χ0) is 20.3. The van der Waals surface area contributed by atoms with Crippen molar-refractivity contribution in [3.8, 4) is 5.69 Å². The van der Waals surface area contributed by atoms with Crippen LogP contribution in [0.1, 0.15) is 28.2 Å². The molecule has 3 aromatic rings. The number of aromatic nitrogens is 3. The lowest BCUT2D eigenvalue weighted by Gasteiger charge is -2.09. The minimum absolute atomic E-state index is 0.0205. The van der Waals surface area contributed by atoms with Gasteiger partial charge >= 0.3 is 0 Å². The van der Waals surface area contributed by atoms with Gasteiger partial charge in [-0.1, -0.05) is 17.7 Å². The largest absolute Gasteiger partial charge is 0.335 e. The van der Waals surface area contributed by atoms with Gasteiger partial charge in [-0.05, 0) is 51.2 Å². The molecule has 2 aromatic heterocycles. The second kappa shape index (κ2) is 8.18. The molecule has 0 aliphatic rings. The Hall–Kier alpha value is -3.26. The fourth-order valence-corrected chi connectivity index (χ4v) is 3.24. The van der Waals surface area contributed by atoms with Gasteiger partial charge in [0.25, 0.3) is 5.56 Å². The van der Waals surface area contributed by atoms with Crippen LogP contribution in [0.3, 0.4) is 0 Å². The molecule has 0 fully saturated rings. The Morgan fingerprint density at radius 3 is 2.57 bits per heavy atom. The van der Waals surface area contributed by atoms with Crippen molar-refractivity contribution in [1.29, 1.82) is 0 Å². The summed E-state index contributed by atoms with van der Waals surface area (Å²) < 4.78 is 2.32. The Kier molecular flexibility index (Phi) is 5.70. The van der Waals surface area contributed by atoms with Crippen molar-refractivity contribution in [3.05, 3.63) is 79.7 Å². The van der Waals surface area contributed by atoms with E-state index in [-0.39, 0.29) is 22.7 Å². The monoisotopic (exact) mass is 395 g/mol. The van der Waals surface area contributed by atoms with Crippen molar-refractivity contribution in [2.24, 2.45) is 5.10 Å². The van der Waals surface area contributed by atoms with Crippen molar-refractivity contribution in [3.63, 3.8) is 0 Å². The number of hydrazone groups is 1. The molecule has 3 N–H and O–H groups in total. The number of aryl methyl sites for hydroxylation is 2. The number of nitrogens with one attached hydrogen (secondary N) is 3. The topological polar surface area (TPSA) is 95.0 Å². The highest BCUT2D eigenvalue weighted by atomic mass is 32.1. The molecule has 3 rings (SSSR count). The summed E-state index contributed by atoms with van der Waals surface area (Å²) in [5.74, 6) is -0.347. The summed E-state index contributed by atoms with van der Waals surface area (Å²) in [6.45, 7) is 6.09. The van der Waals surface area contributed by atoms with E-state index in [1.54, 1.807) is 6.21 Å². The van der Waals surface area contributed by atoms with Gasteiger partial charge in [-0.25, -0.2) is 5.43 Å². The summed E-state index contributed by atoms with van der Waals surface area (Å²) >= 11 is 4.89. The predicted octanol–water partition coefficient (Wildman–Crippen LogP) is 2.84. The third-order valence-electron chi connectivity index (χ3n) is 4.32. The van der Waals surface area contributed by atoms with Crippen LogP contribution in [0.25, 0.3) is 5.69 Å². The molecule has 144 valence electrons. The molecule has 0 spiro atoms. The molecule has 0 atom stereocenters. The molecule has 0 aliphatic heterocycles. The molecule has 0 saturated heterocycles. The molecule has 0 radical (unpaired) electrons. The van der Waals surface area contributed by atoms with E-state index in [2.05, 4.69) is 56.3 Å². The average Bonchev–Trinajstić information content (AvgIpc) is 2.89. The van der Waals surface area contributed by atoms with Crippen LogP contribution in [0.15, 0.2) is 46.3 Å². The standard InChI is InChI=1S/C20H21N5O2S/c1-12-4-6-17(7-5-12)25-13(2)8-15(14(25)3)11-21-24-19(27)10-16-9-18(26)23-20(28)22-16/h4-9,11H,10H2,1-3H3,(H,24,27)(H2,22,23,26,28)/b21-11-. The van der Waals surface area contributed by atoms with E-state index in [9.17, 15) is 9.59 Å².